The first-order valence-electron chi connectivity index (χ1n) is 8.48. The van der Waals surface area contributed by atoms with Crippen LogP contribution in [0.4, 0.5) is 5.69 Å². The van der Waals surface area contributed by atoms with E-state index < -0.39 is 6.10 Å². The summed E-state index contributed by atoms with van der Waals surface area (Å²) in [7, 11) is 3.71. The van der Waals surface area contributed by atoms with Crippen molar-refractivity contribution in [2.24, 2.45) is 0 Å². The second kappa shape index (κ2) is 8.46. The first-order valence-corrected chi connectivity index (χ1v) is 8.48. The quantitative estimate of drug-likeness (QED) is 0.654. The van der Waals surface area contributed by atoms with E-state index in [9.17, 15) is 9.90 Å². The van der Waals surface area contributed by atoms with Crippen LogP contribution in [0.1, 0.15) is 37.9 Å². The molecular weight excluding hydrogens is 306 g/mol. The van der Waals surface area contributed by atoms with Crippen molar-refractivity contribution in [3.05, 3.63) is 29.8 Å². The van der Waals surface area contributed by atoms with E-state index in [2.05, 4.69) is 17.3 Å². The molecule has 0 aromatic heterocycles. The van der Waals surface area contributed by atoms with Crippen molar-refractivity contribution in [1.82, 2.24) is 10.2 Å². The maximum absolute atomic E-state index is 12.3. The molecule has 3 unspecified atom stereocenters. The Morgan fingerprint density at radius 3 is 2.67 bits per heavy atom. The molecule has 24 heavy (non-hydrogen) atoms. The number of ether oxygens (including phenoxy) is 1. The van der Waals surface area contributed by atoms with E-state index in [1.165, 1.54) is 0 Å². The minimum Gasteiger partial charge on any atom is -0.399 e. The largest absolute Gasteiger partial charge is 0.399 e. The molecule has 1 heterocycles. The molecule has 2 rings (SSSR count). The fourth-order valence-electron chi connectivity index (χ4n) is 3.34. The average molecular weight is 335 g/mol. The number of methoxy groups -OCH3 is 1. The molecule has 134 valence electrons. The van der Waals surface area contributed by atoms with Gasteiger partial charge in [0, 0.05) is 18.8 Å². The lowest BCUT2D eigenvalue weighted by Crippen LogP contribution is -2.43. The first kappa shape index (κ1) is 18.7. The minimum atomic E-state index is -0.773. The van der Waals surface area contributed by atoms with Gasteiger partial charge in [0.15, 0.2) is 0 Å². The number of nitrogens with one attached hydrogen (secondary N) is 1. The second-order valence-electron chi connectivity index (χ2n) is 6.64. The molecule has 0 saturated carbocycles. The summed E-state index contributed by atoms with van der Waals surface area (Å²) >= 11 is 0. The molecule has 0 spiro atoms. The summed E-state index contributed by atoms with van der Waals surface area (Å²) in [5, 5.41) is 13.3. The second-order valence-corrected chi connectivity index (χ2v) is 6.64. The standard InChI is InChI=1S/C18H29N3O3/c1-12(18(23)13-6-8-14(19)9-7-13)20-17(22)11-16(24-3)15-5-4-10-21(15)2/h6-9,12,15-16,18,23H,4-5,10-11,19H2,1-3H3,(H,20,22)/t12-,15?,16?,18?/m1/s1. The van der Waals surface area contributed by atoms with Gasteiger partial charge in [-0.05, 0) is 51.1 Å². The lowest BCUT2D eigenvalue weighted by Gasteiger charge is -2.28. The van der Waals surface area contributed by atoms with Gasteiger partial charge in [-0.2, -0.15) is 0 Å². The first-order chi connectivity index (χ1) is 11.4. The summed E-state index contributed by atoms with van der Waals surface area (Å²) in [6, 6.07) is 6.91. The Hall–Kier alpha value is -1.63. The van der Waals surface area contributed by atoms with Crippen LogP contribution in [0.2, 0.25) is 0 Å². The number of carbonyl (C=O) groups excluding carboxylic acids is 1. The van der Waals surface area contributed by atoms with Crippen LogP contribution in [-0.2, 0) is 9.53 Å². The molecule has 0 aliphatic carbocycles. The monoisotopic (exact) mass is 335 g/mol. The number of nitrogen functional groups attached to an aromatic ring is 1. The van der Waals surface area contributed by atoms with Gasteiger partial charge in [0.1, 0.15) is 0 Å². The third kappa shape index (κ3) is 4.69. The molecule has 1 saturated heterocycles. The molecule has 1 fully saturated rings. The van der Waals surface area contributed by atoms with E-state index in [-0.39, 0.29) is 24.1 Å². The summed E-state index contributed by atoms with van der Waals surface area (Å²) in [6.07, 6.45) is 1.58. The lowest BCUT2D eigenvalue weighted by atomic mass is 10.0. The molecule has 6 nitrogen and oxygen atoms in total. The number of nitrogens with zero attached hydrogens (tertiary/aromatic N) is 1. The fourth-order valence-corrected chi connectivity index (χ4v) is 3.34. The van der Waals surface area contributed by atoms with E-state index in [4.69, 9.17) is 10.5 Å². The maximum atomic E-state index is 12.3. The van der Waals surface area contributed by atoms with Crippen LogP contribution in [0.15, 0.2) is 24.3 Å². The van der Waals surface area contributed by atoms with Crippen LogP contribution < -0.4 is 11.1 Å². The van der Waals surface area contributed by atoms with Crippen LogP contribution in [-0.4, -0.2) is 54.8 Å². The van der Waals surface area contributed by atoms with Crippen molar-refractivity contribution in [2.45, 2.75) is 50.5 Å². The number of hydrogen-bond acceptors (Lipinski definition) is 5. The summed E-state index contributed by atoms with van der Waals surface area (Å²) in [5.41, 5.74) is 7.03. The summed E-state index contributed by atoms with van der Waals surface area (Å²) in [6.45, 7) is 2.83. The zero-order valence-corrected chi connectivity index (χ0v) is 14.7. The number of anilines is 1. The Morgan fingerprint density at radius 1 is 1.46 bits per heavy atom. The van der Waals surface area contributed by atoms with E-state index in [1.54, 1.807) is 38.3 Å². The number of likely N-dealkylation sites (N-methyl/N-ethyl adjacent to an activating group) is 1. The topological polar surface area (TPSA) is 87.8 Å². The Kier molecular flexibility index (Phi) is 6.60. The van der Waals surface area contributed by atoms with Gasteiger partial charge in [0.25, 0.3) is 0 Å². The summed E-state index contributed by atoms with van der Waals surface area (Å²) < 4.78 is 5.54. The minimum absolute atomic E-state index is 0.107. The van der Waals surface area contributed by atoms with Gasteiger partial charge < -0.3 is 25.8 Å². The lowest BCUT2D eigenvalue weighted by molar-refractivity contribution is -0.126. The number of carbonyl (C=O) groups is 1. The molecule has 6 heteroatoms. The highest BCUT2D eigenvalue weighted by Gasteiger charge is 2.31. The number of aliphatic hydroxyl groups excluding tert-OH is 1. The predicted molar refractivity (Wildman–Crippen MR) is 94.5 cm³/mol. The molecule has 1 aromatic rings. The Morgan fingerprint density at radius 2 is 2.12 bits per heavy atom. The van der Waals surface area contributed by atoms with E-state index in [0.717, 1.165) is 24.9 Å². The van der Waals surface area contributed by atoms with Crippen molar-refractivity contribution in [1.29, 1.82) is 0 Å². The van der Waals surface area contributed by atoms with E-state index in [0.29, 0.717) is 12.1 Å². The number of nitrogens with two attached hydrogens (primary N) is 1. The van der Waals surface area contributed by atoms with Crippen LogP contribution in [0.5, 0.6) is 0 Å². The van der Waals surface area contributed by atoms with Crippen LogP contribution >= 0.6 is 0 Å². The number of amides is 1. The highest BCUT2D eigenvalue weighted by atomic mass is 16.5. The van der Waals surface area contributed by atoms with Crippen molar-refractivity contribution < 1.29 is 14.6 Å². The molecule has 1 amide bonds. The average Bonchev–Trinajstić information content (AvgIpc) is 2.98. The molecule has 1 aromatic carbocycles. The van der Waals surface area contributed by atoms with Crippen molar-refractivity contribution >= 4 is 11.6 Å². The van der Waals surface area contributed by atoms with Crippen molar-refractivity contribution in [3.63, 3.8) is 0 Å². The number of likely N-dealkylation sites (tertiary alicyclic amines) is 1. The van der Waals surface area contributed by atoms with Crippen molar-refractivity contribution in [2.75, 3.05) is 26.4 Å². The van der Waals surface area contributed by atoms with Gasteiger partial charge in [-0.15, -0.1) is 0 Å². The van der Waals surface area contributed by atoms with Crippen molar-refractivity contribution in [3.8, 4) is 0 Å². The van der Waals surface area contributed by atoms with E-state index in [1.807, 2.05) is 0 Å². The zero-order chi connectivity index (χ0) is 17.7. The highest BCUT2D eigenvalue weighted by molar-refractivity contribution is 5.77. The molecule has 1 aliphatic heterocycles. The molecule has 0 bridgehead atoms. The summed E-state index contributed by atoms with van der Waals surface area (Å²) in [5.74, 6) is -0.107. The fraction of sp³-hybridized carbons (Fsp3) is 0.611. The van der Waals surface area contributed by atoms with Crippen LogP contribution in [0.3, 0.4) is 0 Å². The van der Waals surface area contributed by atoms with Gasteiger partial charge >= 0.3 is 0 Å². The number of rotatable bonds is 7. The van der Waals surface area contributed by atoms with E-state index >= 15 is 0 Å². The van der Waals surface area contributed by atoms with Crippen LogP contribution in [0, 0.1) is 0 Å². The number of benzene rings is 1. The smallest absolute Gasteiger partial charge is 0.222 e. The molecule has 4 atom stereocenters. The molecule has 4 N–H and O–H groups in total. The van der Waals surface area contributed by atoms with Gasteiger partial charge in [-0.3, -0.25) is 4.79 Å². The molecule has 0 radical (unpaired) electrons. The Balaban J connectivity index is 1.89. The SMILES string of the molecule is COC(CC(=O)N[C@H](C)C(O)c1ccc(N)cc1)C1CCCN1C. The third-order valence-corrected chi connectivity index (χ3v) is 4.84. The Bertz CT molecular complexity index is 535. The van der Waals surface area contributed by atoms with Gasteiger partial charge in [-0.25, -0.2) is 0 Å². The maximum Gasteiger partial charge on any atom is 0.222 e. The molecule has 1 aliphatic rings. The summed E-state index contributed by atoms with van der Waals surface area (Å²) in [4.78, 5) is 14.6. The highest BCUT2D eigenvalue weighted by Crippen LogP contribution is 2.22. The number of aliphatic hydroxyl groups is 1. The normalized spacial score (nSPS) is 22.1. The zero-order valence-electron chi connectivity index (χ0n) is 14.7. The van der Waals surface area contributed by atoms with Gasteiger partial charge in [0.05, 0.1) is 24.7 Å². The van der Waals surface area contributed by atoms with Crippen LogP contribution in [0.25, 0.3) is 0 Å². The number of hydrogen-bond donors (Lipinski definition) is 3. The van der Waals surface area contributed by atoms with Gasteiger partial charge in [0.2, 0.25) is 5.91 Å². The molecular formula is C18H29N3O3. The third-order valence-electron chi connectivity index (χ3n) is 4.84. The Labute approximate surface area is 144 Å². The van der Waals surface area contributed by atoms with Gasteiger partial charge in [-0.1, -0.05) is 12.1 Å². The predicted octanol–water partition coefficient (Wildman–Crippen LogP) is 1.31.